The summed E-state index contributed by atoms with van der Waals surface area (Å²) in [6.45, 7) is 0. The molecule has 130 valence electrons. The number of rotatable bonds is 4. The zero-order chi connectivity index (χ0) is 16.8. The molecule has 0 N–H and O–H groups in total. The lowest BCUT2D eigenvalue weighted by atomic mass is 9.84. The maximum absolute atomic E-state index is 5.59. The highest BCUT2D eigenvalue weighted by Gasteiger charge is 2.31. The second-order valence-corrected chi connectivity index (χ2v) is 6.80. The van der Waals surface area contributed by atoms with Gasteiger partial charge in [0.05, 0.1) is 14.2 Å². The first-order valence-corrected chi connectivity index (χ1v) is 9.07. The van der Waals surface area contributed by atoms with Crippen LogP contribution in [0.2, 0.25) is 0 Å². The molecule has 3 rings (SSSR count). The molecule has 2 aliphatic rings. The molecule has 1 saturated carbocycles. The van der Waals surface area contributed by atoms with E-state index in [1.165, 1.54) is 37.7 Å². The van der Waals surface area contributed by atoms with E-state index >= 15 is 0 Å². The Bertz CT molecular complexity index is 577. The first kappa shape index (κ1) is 17.0. The van der Waals surface area contributed by atoms with Crippen LogP contribution >= 0.6 is 0 Å². The van der Waals surface area contributed by atoms with Crippen LogP contribution in [0, 0.1) is 5.92 Å². The number of hydrogen-bond donors (Lipinski definition) is 0. The zero-order valence-corrected chi connectivity index (χ0v) is 14.8. The average molecular weight is 328 g/mol. The lowest BCUT2D eigenvalue weighted by Gasteiger charge is -2.29. The van der Waals surface area contributed by atoms with Gasteiger partial charge in [-0.25, -0.2) is 9.98 Å². The minimum Gasteiger partial charge on any atom is -0.483 e. The lowest BCUT2D eigenvalue weighted by Crippen LogP contribution is -2.37. The van der Waals surface area contributed by atoms with E-state index in [2.05, 4.69) is 24.3 Å². The van der Waals surface area contributed by atoms with Crippen LogP contribution in [0.3, 0.4) is 0 Å². The smallest absolute Gasteiger partial charge is 0.209 e. The molecule has 0 bridgehead atoms. The monoisotopic (exact) mass is 328 g/mol. The normalized spacial score (nSPS) is 24.9. The number of hydrogen-bond acceptors (Lipinski definition) is 4. The Morgan fingerprint density at radius 2 is 1.50 bits per heavy atom. The summed E-state index contributed by atoms with van der Waals surface area (Å²) in [4.78, 5) is 9.70. The Morgan fingerprint density at radius 3 is 2.17 bits per heavy atom. The third kappa shape index (κ3) is 4.16. The molecule has 0 aromatic heterocycles. The molecule has 24 heavy (non-hydrogen) atoms. The number of nitrogens with zero attached hydrogens (tertiary/aromatic N) is 2. The highest BCUT2D eigenvalue weighted by molar-refractivity contribution is 5.94. The molecule has 1 aromatic carbocycles. The van der Waals surface area contributed by atoms with Gasteiger partial charge in [-0.3, -0.25) is 0 Å². The molecule has 0 saturated heterocycles. The SMILES string of the molecule is COC1=N[C@H](CC2CCCCC2)C(OC)=N[C@H]1Cc1ccccc1. The number of aliphatic imine (C=N–C) groups is 2. The van der Waals surface area contributed by atoms with E-state index in [-0.39, 0.29) is 12.1 Å². The van der Waals surface area contributed by atoms with E-state index in [4.69, 9.17) is 19.5 Å². The highest BCUT2D eigenvalue weighted by atomic mass is 16.5. The first-order chi connectivity index (χ1) is 11.8. The largest absolute Gasteiger partial charge is 0.483 e. The minimum atomic E-state index is -0.0880. The molecular formula is C20H28N2O2. The summed E-state index contributed by atoms with van der Waals surface area (Å²) < 4.78 is 11.2. The van der Waals surface area contributed by atoms with Gasteiger partial charge in [0.1, 0.15) is 12.1 Å². The maximum Gasteiger partial charge on any atom is 0.209 e. The topological polar surface area (TPSA) is 43.2 Å². The summed E-state index contributed by atoms with van der Waals surface area (Å²) in [5, 5.41) is 0. The Hall–Kier alpha value is -1.84. The molecule has 0 amide bonds. The van der Waals surface area contributed by atoms with Gasteiger partial charge in [-0.05, 0) is 17.9 Å². The van der Waals surface area contributed by atoms with Crippen LogP contribution in [0.5, 0.6) is 0 Å². The quantitative estimate of drug-likeness (QED) is 0.837. The zero-order valence-electron chi connectivity index (χ0n) is 14.8. The van der Waals surface area contributed by atoms with E-state index in [9.17, 15) is 0 Å². The average Bonchev–Trinajstić information content (AvgIpc) is 2.64. The predicted molar refractivity (Wildman–Crippen MR) is 97.8 cm³/mol. The van der Waals surface area contributed by atoms with Crippen molar-refractivity contribution in [3.05, 3.63) is 35.9 Å². The van der Waals surface area contributed by atoms with E-state index in [1.54, 1.807) is 14.2 Å². The molecule has 1 fully saturated rings. The van der Waals surface area contributed by atoms with Gasteiger partial charge >= 0.3 is 0 Å². The van der Waals surface area contributed by atoms with Crippen LogP contribution in [0.4, 0.5) is 0 Å². The standard InChI is InChI=1S/C20H28N2O2/c1-23-19-17(13-15-9-5-3-6-10-15)22-20(24-2)18(21-19)14-16-11-7-4-8-12-16/h3,5-6,9-10,16-18H,4,7-8,11-14H2,1-2H3/t17-,18+/m0/s1. The summed E-state index contributed by atoms with van der Waals surface area (Å²) in [5.74, 6) is 2.24. The molecule has 1 aliphatic heterocycles. The molecule has 1 aromatic rings. The van der Waals surface area contributed by atoms with Crippen molar-refractivity contribution in [2.45, 2.75) is 57.0 Å². The van der Waals surface area contributed by atoms with Gasteiger partial charge in [0.15, 0.2) is 0 Å². The van der Waals surface area contributed by atoms with Crippen LogP contribution in [-0.4, -0.2) is 38.1 Å². The Kier molecular flexibility index (Phi) is 5.89. The Labute approximate surface area is 145 Å². The summed E-state index contributed by atoms with van der Waals surface area (Å²) >= 11 is 0. The van der Waals surface area contributed by atoms with E-state index in [0.29, 0.717) is 0 Å². The molecule has 0 radical (unpaired) electrons. The number of methoxy groups -OCH3 is 2. The molecule has 1 aliphatic carbocycles. The van der Waals surface area contributed by atoms with E-state index in [0.717, 1.165) is 30.6 Å². The van der Waals surface area contributed by atoms with E-state index < -0.39 is 0 Å². The molecular weight excluding hydrogens is 300 g/mol. The molecule has 1 heterocycles. The summed E-state index contributed by atoms with van der Waals surface area (Å²) in [5.41, 5.74) is 1.23. The third-order valence-corrected chi connectivity index (χ3v) is 5.11. The summed E-state index contributed by atoms with van der Waals surface area (Å²) in [6, 6.07) is 10.3. The van der Waals surface area contributed by atoms with Crippen LogP contribution in [0.25, 0.3) is 0 Å². The van der Waals surface area contributed by atoms with Crippen molar-refractivity contribution in [2.75, 3.05) is 14.2 Å². The van der Waals surface area contributed by atoms with Gasteiger partial charge in [-0.1, -0.05) is 62.4 Å². The second kappa shape index (κ2) is 8.32. The molecule has 0 unspecified atom stereocenters. The molecule has 2 atom stereocenters. The van der Waals surface area contributed by atoms with Crippen molar-refractivity contribution < 1.29 is 9.47 Å². The van der Waals surface area contributed by atoms with Crippen molar-refractivity contribution in [2.24, 2.45) is 15.9 Å². The van der Waals surface area contributed by atoms with Crippen LogP contribution in [-0.2, 0) is 15.9 Å². The van der Waals surface area contributed by atoms with Crippen LogP contribution in [0.1, 0.15) is 44.1 Å². The maximum atomic E-state index is 5.59. The Balaban J connectivity index is 1.73. The van der Waals surface area contributed by atoms with Crippen molar-refractivity contribution >= 4 is 11.8 Å². The summed E-state index contributed by atoms with van der Waals surface area (Å²) in [6.07, 6.45) is 8.48. The van der Waals surface area contributed by atoms with Crippen molar-refractivity contribution in [3.8, 4) is 0 Å². The first-order valence-electron chi connectivity index (χ1n) is 9.07. The minimum absolute atomic E-state index is 0.0140. The van der Waals surface area contributed by atoms with Crippen LogP contribution < -0.4 is 0 Å². The summed E-state index contributed by atoms with van der Waals surface area (Å²) in [7, 11) is 3.40. The van der Waals surface area contributed by atoms with Gasteiger partial charge < -0.3 is 9.47 Å². The van der Waals surface area contributed by atoms with Crippen molar-refractivity contribution in [1.29, 1.82) is 0 Å². The Morgan fingerprint density at radius 1 is 0.875 bits per heavy atom. The lowest BCUT2D eigenvalue weighted by molar-refractivity contribution is 0.301. The van der Waals surface area contributed by atoms with Gasteiger partial charge in [-0.2, -0.15) is 0 Å². The van der Waals surface area contributed by atoms with Crippen molar-refractivity contribution in [3.63, 3.8) is 0 Å². The van der Waals surface area contributed by atoms with Crippen LogP contribution in [0.15, 0.2) is 40.3 Å². The highest BCUT2D eigenvalue weighted by Crippen LogP contribution is 2.30. The van der Waals surface area contributed by atoms with Gasteiger partial charge in [0, 0.05) is 6.42 Å². The predicted octanol–water partition coefficient (Wildman–Crippen LogP) is 4.04. The fraction of sp³-hybridized carbons (Fsp3) is 0.600. The molecule has 4 nitrogen and oxygen atoms in total. The molecule has 4 heteroatoms. The van der Waals surface area contributed by atoms with Gasteiger partial charge in [-0.15, -0.1) is 0 Å². The second-order valence-electron chi connectivity index (χ2n) is 6.80. The number of ether oxygens (including phenoxy) is 2. The van der Waals surface area contributed by atoms with Crippen molar-refractivity contribution in [1.82, 2.24) is 0 Å². The number of benzene rings is 1. The van der Waals surface area contributed by atoms with Gasteiger partial charge in [0.25, 0.3) is 0 Å². The van der Waals surface area contributed by atoms with E-state index in [1.807, 2.05) is 6.07 Å². The van der Waals surface area contributed by atoms with Gasteiger partial charge in [0.2, 0.25) is 11.8 Å². The third-order valence-electron chi connectivity index (χ3n) is 5.11. The molecule has 0 spiro atoms. The fourth-order valence-electron chi connectivity index (χ4n) is 3.83. The fourth-order valence-corrected chi connectivity index (χ4v) is 3.83.